The van der Waals surface area contributed by atoms with Gasteiger partial charge in [-0.15, -0.1) is 11.3 Å². The molecule has 0 aliphatic carbocycles. The van der Waals surface area contributed by atoms with Crippen molar-refractivity contribution < 1.29 is 14.7 Å². The largest absolute Gasteiger partial charge is 0.477 e. The van der Waals surface area contributed by atoms with E-state index in [-0.39, 0.29) is 10.8 Å². The number of halogens is 1. The lowest BCUT2D eigenvalue weighted by Crippen LogP contribution is -2.11. The van der Waals surface area contributed by atoms with Gasteiger partial charge >= 0.3 is 5.97 Å². The number of carbonyl (C=O) groups is 2. The van der Waals surface area contributed by atoms with Crippen LogP contribution >= 0.6 is 22.9 Å². The van der Waals surface area contributed by atoms with Crippen molar-refractivity contribution in [3.8, 4) is 0 Å². The Kier molecular flexibility index (Phi) is 4.11. The van der Waals surface area contributed by atoms with Crippen LogP contribution in [-0.4, -0.2) is 17.0 Å². The van der Waals surface area contributed by atoms with E-state index in [0.29, 0.717) is 21.2 Å². The SMILES string of the molecule is Cc1cc(Cl)cc(C(=O)Nc2cc(C)c(C(=O)O)s2)c1. The molecular formula is C14H12ClNO3S. The van der Waals surface area contributed by atoms with Gasteiger partial charge in [0.25, 0.3) is 5.91 Å². The molecule has 6 heteroatoms. The second kappa shape index (κ2) is 5.64. The number of thiophene rings is 1. The number of hydrogen-bond acceptors (Lipinski definition) is 3. The minimum Gasteiger partial charge on any atom is -0.477 e. The van der Waals surface area contributed by atoms with Crippen LogP contribution < -0.4 is 5.32 Å². The highest BCUT2D eigenvalue weighted by Crippen LogP contribution is 2.27. The Hall–Kier alpha value is -1.85. The molecule has 0 unspecified atom stereocenters. The molecule has 2 N–H and O–H groups in total. The molecule has 20 heavy (non-hydrogen) atoms. The number of aromatic carboxylic acids is 1. The molecule has 1 heterocycles. The zero-order valence-corrected chi connectivity index (χ0v) is 12.4. The fourth-order valence-electron chi connectivity index (χ4n) is 1.81. The molecule has 0 saturated carbocycles. The van der Waals surface area contributed by atoms with Crippen molar-refractivity contribution in [1.82, 2.24) is 0 Å². The lowest BCUT2D eigenvalue weighted by molar-refractivity contribution is 0.0701. The van der Waals surface area contributed by atoms with E-state index in [1.807, 2.05) is 6.92 Å². The van der Waals surface area contributed by atoms with Crippen LogP contribution in [0.5, 0.6) is 0 Å². The standard InChI is InChI=1S/C14H12ClNO3S/c1-7-3-9(6-10(15)4-7)13(17)16-11-5-8(2)12(20-11)14(18)19/h3-6H,1-2H3,(H,16,17)(H,18,19). The molecule has 0 atom stereocenters. The van der Waals surface area contributed by atoms with E-state index in [1.54, 1.807) is 31.2 Å². The predicted molar refractivity (Wildman–Crippen MR) is 80.2 cm³/mol. The Labute approximate surface area is 125 Å². The summed E-state index contributed by atoms with van der Waals surface area (Å²) in [4.78, 5) is 23.3. The monoisotopic (exact) mass is 309 g/mol. The highest BCUT2D eigenvalue weighted by atomic mass is 35.5. The molecule has 0 bridgehead atoms. The van der Waals surface area contributed by atoms with E-state index in [9.17, 15) is 9.59 Å². The minimum absolute atomic E-state index is 0.225. The third kappa shape index (κ3) is 3.18. The maximum absolute atomic E-state index is 12.1. The molecule has 0 radical (unpaired) electrons. The first-order valence-corrected chi connectivity index (χ1v) is 6.98. The van der Waals surface area contributed by atoms with Gasteiger partial charge in [0.2, 0.25) is 0 Å². The molecule has 0 aliphatic heterocycles. The van der Waals surface area contributed by atoms with E-state index < -0.39 is 5.97 Å². The smallest absolute Gasteiger partial charge is 0.346 e. The maximum Gasteiger partial charge on any atom is 0.346 e. The average molecular weight is 310 g/mol. The second-order valence-corrected chi connectivity index (χ2v) is 5.89. The number of benzene rings is 1. The Morgan fingerprint density at radius 1 is 1.20 bits per heavy atom. The van der Waals surface area contributed by atoms with Gasteiger partial charge in [0.15, 0.2) is 0 Å². The Morgan fingerprint density at radius 3 is 2.45 bits per heavy atom. The quantitative estimate of drug-likeness (QED) is 0.901. The van der Waals surface area contributed by atoms with Gasteiger partial charge in [0.05, 0.1) is 5.00 Å². The topological polar surface area (TPSA) is 66.4 Å². The van der Waals surface area contributed by atoms with Gasteiger partial charge in [-0.1, -0.05) is 11.6 Å². The summed E-state index contributed by atoms with van der Waals surface area (Å²) in [6, 6.07) is 6.70. The average Bonchev–Trinajstić information content (AvgIpc) is 2.69. The van der Waals surface area contributed by atoms with Crippen LogP contribution in [0.4, 0.5) is 5.00 Å². The molecule has 0 spiro atoms. The minimum atomic E-state index is -0.994. The van der Waals surface area contributed by atoms with E-state index in [1.165, 1.54) is 0 Å². The zero-order chi connectivity index (χ0) is 14.9. The van der Waals surface area contributed by atoms with Crippen molar-refractivity contribution in [3.63, 3.8) is 0 Å². The van der Waals surface area contributed by atoms with Crippen LogP contribution in [0.15, 0.2) is 24.3 Å². The first-order valence-electron chi connectivity index (χ1n) is 5.79. The van der Waals surface area contributed by atoms with Crippen LogP contribution in [0.2, 0.25) is 5.02 Å². The maximum atomic E-state index is 12.1. The van der Waals surface area contributed by atoms with Crippen molar-refractivity contribution in [2.45, 2.75) is 13.8 Å². The molecule has 1 amide bonds. The number of nitrogens with one attached hydrogen (secondary N) is 1. The van der Waals surface area contributed by atoms with E-state index >= 15 is 0 Å². The molecule has 1 aromatic carbocycles. The van der Waals surface area contributed by atoms with Crippen LogP contribution in [0.1, 0.15) is 31.2 Å². The number of amides is 1. The van der Waals surface area contributed by atoms with Crippen LogP contribution in [0.3, 0.4) is 0 Å². The molecule has 2 rings (SSSR count). The Bertz CT molecular complexity index is 673. The Balaban J connectivity index is 2.23. The summed E-state index contributed by atoms with van der Waals surface area (Å²) in [6.07, 6.45) is 0. The van der Waals surface area contributed by atoms with Crippen LogP contribution in [-0.2, 0) is 0 Å². The number of carboxylic acids is 1. The third-order valence-corrected chi connectivity index (χ3v) is 4.01. The number of rotatable bonds is 3. The van der Waals surface area contributed by atoms with E-state index in [0.717, 1.165) is 16.9 Å². The van der Waals surface area contributed by atoms with Gasteiger partial charge in [-0.2, -0.15) is 0 Å². The van der Waals surface area contributed by atoms with Gasteiger partial charge in [0.1, 0.15) is 4.88 Å². The van der Waals surface area contributed by atoms with Gasteiger partial charge < -0.3 is 10.4 Å². The number of hydrogen-bond donors (Lipinski definition) is 2. The Morgan fingerprint density at radius 2 is 1.90 bits per heavy atom. The van der Waals surface area contributed by atoms with Crippen molar-refractivity contribution in [1.29, 1.82) is 0 Å². The summed E-state index contributed by atoms with van der Waals surface area (Å²) in [7, 11) is 0. The summed E-state index contributed by atoms with van der Waals surface area (Å²) < 4.78 is 0. The van der Waals surface area contributed by atoms with Crippen molar-refractivity contribution in [2.75, 3.05) is 5.32 Å². The predicted octanol–water partition coefficient (Wildman–Crippen LogP) is 3.97. The molecule has 2 aromatic rings. The molecule has 104 valence electrons. The zero-order valence-electron chi connectivity index (χ0n) is 10.9. The molecule has 0 fully saturated rings. The summed E-state index contributed by atoms with van der Waals surface area (Å²) >= 11 is 6.95. The third-order valence-electron chi connectivity index (χ3n) is 2.65. The van der Waals surface area contributed by atoms with Crippen molar-refractivity contribution in [2.24, 2.45) is 0 Å². The fourth-order valence-corrected chi connectivity index (χ4v) is 3.00. The van der Waals surface area contributed by atoms with Gasteiger partial charge in [0, 0.05) is 10.6 Å². The number of carboxylic acid groups (broad SMARTS) is 1. The lowest BCUT2D eigenvalue weighted by Gasteiger charge is -2.04. The summed E-state index contributed by atoms with van der Waals surface area (Å²) in [5.41, 5.74) is 1.95. The molecule has 1 aromatic heterocycles. The molecular weight excluding hydrogens is 298 g/mol. The summed E-state index contributed by atoms with van der Waals surface area (Å²) in [5, 5.41) is 12.7. The molecule has 0 saturated heterocycles. The van der Waals surface area contributed by atoms with Gasteiger partial charge in [-0.25, -0.2) is 4.79 Å². The number of aryl methyl sites for hydroxylation is 2. The first kappa shape index (κ1) is 14.6. The van der Waals surface area contributed by atoms with E-state index in [4.69, 9.17) is 16.7 Å². The van der Waals surface area contributed by atoms with Gasteiger partial charge in [-0.3, -0.25) is 4.79 Å². The highest BCUT2D eigenvalue weighted by molar-refractivity contribution is 7.18. The van der Waals surface area contributed by atoms with Crippen molar-refractivity contribution in [3.05, 3.63) is 50.9 Å². The summed E-state index contributed by atoms with van der Waals surface area (Å²) in [6.45, 7) is 3.54. The molecule has 0 aliphatic rings. The van der Waals surface area contributed by atoms with E-state index in [2.05, 4.69) is 5.32 Å². The fraction of sp³-hybridized carbons (Fsp3) is 0.143. The second-order valence-electron chi connectivity index (χ2n) is 4.40. The first-order chi connectivity index (χ1) is 9.36. The normalized spacial score (nSPS) is 10.3. The lowest BCUT2D eigenvalue weighted by atomic mass is 10.1. The number of carbonyl (C=O) groups excluding carboxylic acids is 1. The van der Waals surface area contributed by atoms with Gasteiger partial charge in [-0.05, 0) is 49.2 Å². The van der Waals surface area contributed by atoms with Crippen LogP contribution in [0, 0.1) is 13.8 Å². The van der Waals surface area contributed by atoms with Crippen LogP contribution in [0.25, 0.3) is 0 Å². The molecule has 4 nitrogen and oxygen atoms in total. The highest BCUT2D eigenvalue weighted by Gasteiger charge is 2.14. The summed E-state index contributed by atoms with van der Waals surface area (Å²) in [5.74, 6) is -1.31. The number of anilines is 1. The van der Waals surface area contributed by atoms with Crippen molar-refractivity contribution >= 4 is 39.8 Å².